The summed E-state index contributed by atoms with van der Waals surface area (Å²) in [6, 6.07) is 14.3. The molecule has 7 nitrogen and oxygen atoms in total. The van der Waals surface area contributed by atoms with Crippen LogP contribution in [0.2, 0.25) is 0 Å². The standard InChI is InChI=1S/C25H30N4O3/c1-16-28-24-20(7-4-8-22(24)29(16)19-9-11-32-12-10-19)25(31)27-15-23(30)21-13-17-5-2-3-6-18(17)14-26-21/h2-8,19,21,23,26,30H,9-15H2,1H3,(H,27,31)/t21-,23?/m0/s1. The molecule has 1 unspecified atom stereocenters. The van der Waals surface area contributed by atoms with Crippen molar-refractivity contribution < 1.29 is 14.6 Å². The number of para-hydroxylation sites is 1. The number of amides is 1. The molecule has 2 atom stereocenters. The molecule has 32 heavy (non-hydrogen) atoms. The van der Waals surface area contributed by atoms with Crippen LogP contribution in [-0.2, 0) is 17.7 Å². The second kappa shape index (κ2) is 9.02. The first-order valence-corrected chi connectivity index (χ1v) is 11.4. The summed E-state index contributed by atoms with van der Waals surface area (Å²) in [4.78, 5) is 17.8. The second-order valence-electron chi connectivity index (χ2n) is 8.78. The zero-order valence-corrected chi connectivity index (χ0v) is 18.4. The highest BCUT2D eigenvalue weighted by molar-refractivity contribution is 6.05. The summed E-state index contributed by atoms with van der Waals surface area (Å²) in [5.74, 6) is 0.708. The van der Waals surface area contributed by atoms with E-state index in [9.17, 15) is 9.90 Å². The average molecular weight is 435 g/mol. The summed E-state index contributed by atoms with van der Waals surface area (Å²) in [6.07, 6.45) is 1.98. The van der Waals surface area contributed by atoms with Gasteiger partial charge in [0.2, 0.25) is 0 Å². The summed E-state index contributed by atoms with van der Waals surface area (Å²) in [6.45, 7) is 4.42. The van der Waals surface area contributed by atoms with Crippen LogP contribution in [0.5, 0.6) is 0 Å². The molecule has 1 aromatic heterocycles. The number of hydrogen-bond acceptors (Lipinski definition) is 5. The van der Waals surface area contributed by atoms with Crippen LogP contribution in [0.4, 0.5) is 0 Å². The Kier molecular flexibility index (Phi) is 5.95. The van der Waals surface area contributed by atoms with Gasteiger partial charge in [0.25, 0.3) is 5.91 Å². The maximum Gasteiger partial charge on any atom is 0.253 e. The largest absolute Gasteiger partial charge is 0.390 e. The fourth-order valence-corrected chi connectivity index (χ4v) is 5.01. The lowest BCUT2D eigenvalue weighted by atomic mass is 9.93. The number of ether oxygens (including phenoxy) is 1. The fourth-order valence-electron chi connectivity index (χ4n) is 5.01. The van der Waals surface area contributed by atoms with Gasteiger partial charge in [0.15, 0.2) is 0 Å². The summed E-state index contributed by atoms with van der Waals surface area (Å²) in [5.41, 5.74) is 4.76. The molecular weight excluding hydrogens is 404 g/mol. The molecule has 0 saturated carbocycles. The van der Waals surface area contributed by atoms with Crippen LogP contribution in [-0.4, -0.2) is 52.5 Å². The number of aliphatic hydroxyl groups is 1. The zero-order chi connectivity index (χ0) is 22.1. The number of rotatable bonds is 5. The Bertz CT molecular complexity index is 1120. The van der Waals surface area contributed by atoms with Gasteiger partial charge in [0.1, 0.15) is 11.3 Å². The SMILES string of the molecule is Cc1nc2c(C(=O)NCC(O)[C@@H]3Cc4ccccc4CN3)cccc2n1C1CCOCC1. The van der Waals surface area contributed by atoms with Gasteiger partial charge in [0.05, 0.1) is 17.2 Å². The van der Waals surface area contributed by atoms with E-state index < -0.39 is 6.10 Å². The highest BCUT2D eigenvalue weighted by Crippen LogP contribution is 2.29. The van der Waals surface area contributed by atoms with Gasteiger partial charge < -0.3 is 25.0 Å². The molecule has 1 amide bonds. The van der Waals surface area contributed by atoms with Gasteiger partial charge in [-0.05, 0) is 49.4 Å². The number of nitrogens with one attached hydrogen (secondary N) is 2. The molecule has 2 aliphatic heterocycles. The summed E-state index contributed by atoms with van der Waals surface area (Å²) >= 11 is 0. The van der Waals surface area contributed by atoms with E-state index >= 15 is 0 Å². The summed E-state index contributed by atoms with van der Waals surface area (Å²) < 4.78 is 7.75. The predicted molar refractivity (Wildman–Crippen MR) is 123 cm³/mol. The Balaban J connectivity index is 1.29. The van der Waals surface area contributed by atoms with Gasteiger partial charge in [-0.15, -0.1) is 0 Å². The Morgan fingerprint density at radius 3 is 2.81 bits per heavy atom. The van der Waals surface area contributed by atoms with E-state index in [4.69, 9.17) is 9.72 Å². The number of aliphatic hydroxyl groups excluding tert-OH is 1. The van der Waals surface area contributed by atoms with Crippen LogP contribution >= 0.6 is 0 Å². The first-order chi connectivity index (χ1) is 15.6. The van der Waals surface area contributed by atoms with Crippen molar-refractivity contribution in [3.05, 3.63) is 65.0 Å². The molecule has 1 fully saturated rings. The number of hydrogen-bond donors (Lipinski definition) is 3. The van der Waals surface area contributed by atoms with Crippen LogP contribution in [0.3, 0.4) is 0 Å². The molecule has 0 radical (unpaired) electrons. The lowest BCUT2D eigenvalue weighted by Crippen LogP contribution is -2.49. The number of aryl methyl sites for hydroxylation is 1. The summed E-state index contributed by atoms with van der Waals surface area (Å²) in [5, 5.41) is 17.0. The van der Waals surface area contributed by atoms with Gasteiger partial charge in [-0.1, -0.05) is 30.3 Å². The smallest absolute Gasteiger partial charge is 0.253 e. The molecule has 2 aromatic carbocycles. The number of benzene rings is 2. The minimum absolute atomic E-state index is 0.0871. The predicted octanol–water partition coefficient (Wildman–Crippen LogP) is 2.50. The van der Waals surface area contributed by atoms with Gasteiger partial charge in [-0.2, -0.15) is 0 Å². The van der Waals surface area contributed by atoms with E-state index in [-0.39, 0.29) is 18.5 Å². The third-order valence-electron chi connectivity index (χ3n) is 6.75. The van der Waals surface area contributed by atoms with Crippen molar-refractivity contribution in [2.45, 2.75) is 50.9 Å². The van der Waals surface area contributed by atoms with Crippen LogP contribution in [0.15, 0.2) is 42.5 Å². The third kappa shape index (κ3) is 4.03. The molecule has 1 saturated heterocycles. The molecule has 2 aliphatic rings. The molecule has 0 spiro atoms. The monoisotopic (exact) mass is 434 g/mol. The second-order valence-corrected chi connectivity index (χ2v) is 8.78. The van der Waals surface area contributed by atoms with E-state index in [1.165, 1.54) is 11.1 Å². The van der Waals surface area contributed by atoms with Crippen molar-refractivity contribution >= 4 is 16.9 Å². The van der Waals surface area contributed by atoms with Gasteiger partial charge in [-0.25, -0.2) is 4.98 Å². The van der Waals surface area contributed by atoms with Crippen molar-refractivity contribution in [3.63, 3.8) is 0 Å². The first kappa shape index (κ1) is 21.1. The van der Waals surface area contributed by atoms with Crippen molar-refractivity contribution in [3.8, 4) is 0 Å². The van der Waals surface area contributed by atoms with Crippen molar-refractivity contribution in [2.75, 3.05) is 19.8 Å². The highest BCUT2D eigenvalue weighted by Gasteiger charge is 2.26. The van der Waals surface area contributed by atoms with E-state index in [0.29, 0.717) is 17.1 Å². The van der Waals surface area contributed by atoms with Crippen LogP contribution in [0.25, 0.3) is 11.0 Å². The van der Waals surface area contributed by atoms with E-state index in [1.807, 2.05) is 31.2 Å². The molecule has 0 aliphatic carbocycles. The molecule has 0 bridgehead atoms. The van der Waals surface area contributed by atoms with E-state index in [1.54, 1.807) is 6.07 Å². The van der Waals surface area contributed by atoms with Crippen LogP contribution < -0.4 is 10.6 Å². The Morgan fingerprint density at radius 2 is 2.00 bits per heavy atom. The van der Waals surface area contributed by atoms with Crippen molar-refractivity contribution in [1.29, 1.82) is 0 Å². The Morgan fingerprint density at radius 1 is 1.22 bits per heavy atom. The van der Waals surface area contributed by atoms with E-state index in [2.05, 4.69) is 27.3 Å². The van der Waals surface area contributed by atoms with Crippen molar-refractivity contribution in [1.82, 2.24) is 20.2 Å². The summed E-state index contributed by atoms with van der Waals surface area (Å²) in [7, 11) is 0. The normalized spacial score (nSPS) is 20.1. The molecule has 168 valence electrons. The number of aromatic nitrogens is 2. The van der Waals surface area contributed by atoms with Gasteiger partial charge >= 0.3 is 0 Å². The maximum absolute atomic E-state index is 13.0. The Labute approximate surface area is 187 Å². The van der Waals surface area contributed by atoms with Gasteiger partial charge in [-0.3, -0.25) is 4.79 Å². The quantitative estimate of drug-likeness (QED) is 0.574. The zero-order valence-electron chi connectivity index (χ0n) is 18.4. The molecule has 3 aromatic rings. The minimum atomic E-state index is -0.673. The van der Waals surface area contributed by atoms with E-state index in [0.717, 1.165) is 50.4 Å². The minimum Gasteiger partial charge on any atom is -0.390 e. The number of carbonyl (C=O) groups is 1. The fraction of sp³-hybridized carbons (Fsp3) is 0.440. The average Bonchev–Trinajstić information content (AvgIpc) is 3.18. The topological polar surface area (TPSA) is 88.4 Å². The number of nitrogens with zero attached hydrogens (tertiary/aromatic N) is 2. The molecular formula is C25H30N4O3. The Hall–Kier alpha value is -2.74. The lowest BCUT2D eigenvalue weighted by Gasteiger charge is -2.30. The number of imidazole rings is 1. The van der Waals surface area contributed by atoms with Crippen LogP contribution in [0.1, 0.15) is 46.2 Å². The third-order valence-corrected chi connectivity index (χ3v) is 6.75. The molecule has 3 N–H and O–H groups in total. The molecule has 3 heterocycles. The maximum atomic E-state index is 13.0. The van der Waals surface area contributed by atoms with Crippen LogP contribution in [0, 0.1) is 6.92 Å². The number of fused-ring (bicyclic) bond motifs is 2. The molecule has 5 rings (SSSR count). The lowest BCUT2D eigenvalue weighted by molar-refractivity contribution is 0.0701. The highest BCUT2D eigenvalue weighted by atomic mass is 16.5. The molecule has 7 heteroatoms. The van der Waals surface area contributed by atoms with Gasteiger partial charge in [0, 0.05) is 38.4 Å². The van der Waals surface area contributed by atoms with Crippen molar-refractivity contribution in [2.24, 2.45) is 0 Å². The number of carbonyl (C=O) groups excluding carboxylic acids is 1. The first-order valence-electron chi connectivity index (χ1n) is 11.4.